The van der Waals surface area contributed by atoms with Crippen LogP contribution in [0.15, 0.2) is 48.5 Å². The fraction of sp³-hybridized carbons (Fsp3) is 0.423. The van der Waals surface area contributed by atoms with Gasteiger partial charge in [0.05, 0.1) is 16.6 Å². The zero-order chi connectivity index (χ0) is 21.0. The first-order valence-corrected chi connectivity index (χ1v) is 11.5. The summed E-state index contributed by atoms with van der Waals surface area (Å²) in [7, 11) is 0. The van der Waals surface area contributed by atoms with Crippen LogP contribution in [0.3, 0.4) is 0 Å². The molecule has 0 radical (unpaired) electrons. The molecule has 5 heteroatoms. The molecule has 2 aromatic carbocycles. The number of nitrogens with zero attached hydrogens (tertiary/aromatic N) is 2. The first-order chi connectivity index (χ1) is 15.1. The minimum atomic E-state index is -0.196. The minimum Gasteiger partial charge on any atom is -0.273 e. The number of hydrazine groups is 1. The van der Waals surface area contributed by atoms with Crippen molar-refractivity contribution in [2.45, 2.75) is 45.4 Å². The van der Waals surface area contributed by atoms with Gasteiger partial charge < -0.3 is 0 Å². The highest BCUT2D eigenvalue weighted by molar-refractivity contribution is 5.93. The van der Waals surface area contributed by atoms with E-state index in [-0.39, 0.29) is 11.3 Å². The van der Waals surface area contributed by atoms with E-state index in [4.69, 9.17) is 4.98 Å². The van der Waals surface area contributed by atoms with Gasteiger partial charge in [0.25, 0.3) is 0 Å². The van der Waals surface area contributed by atoms with Crippen molar-refractivity contribution in [2.24, 2.45) is 23.2 Å². The molecule has 0 spiro atoms. The molecule has 4 fully saturated rings. The fourth-order valence-electron chi connectivity index (χ4n) is 6.75. The summed E-state index contributed by atoms with van der Waals surface area (Å²) in [6.07, 6.45) is 7.10. The number of nitrogens with one attached hydrogen (secondary N) is 2. The standard InChI is InChI=1S/C26H28N4O/c1-16-7-8-22-21(9-16)23(20-5-3-2-4-6-20)28-25(27-22)30-29-24(31)26-13-17-10-18(14-26)12-19(11-17)15-26/h2-9,17-19H,10-15H2,1H3,(H,29,31)(H,27,28,30). The van der Waals surface area contributed by atoms with Crippen LogP contribution in [-0.2, 0) is 4.79 Å². The molecule has 2 N–H and O–H groups in total. The smallest absolute Gasteiger partial charge is 0.244 e. The second-order valence-electron chi connectivity index (χ2n) is 10.1. The molecule has 4 saturated carbocycles. The van der Waals surface area contributed by atoms with E-state index < -0.39 is 0 Å². The number of carbonyl (C=O) groups is 1. The van der Waals surface area contributed by atoms with Crippen LogP contribution < -0.4 is 10.9 Å². The quantitative estimate of drug-likeness (QED) is 0.573. The third kappa shape index (κ3) is 3.27. The zero-order valence-corrected chi connectivity index (χ0v) is 17.9. The van der Waals surface area contributed by atoms with Crippen LogP contribution in [-0.4, -0.2) is 15.9 Å². The van der Waals surface area contributed by atoms with Gasteiger partial charge in [-0.05, 0) is 75.3 Å². The number of hydrogen-bond donors (Lipinski definition) is 2. The number of aryl methyl sites for hydroxylation is 1. The zero-order valence-electron chi connectivity index (χ0n) is 17.9. The molecule has 0 saturated heterocycles. The van der Waals surface area contributed by atoms with Gasteiger partial charge in [0.15, 0.2) is 0 Å². The Kier molecular flexibility index (Phi) is 4.27. The van der Waals surface area contributed by atoms with Crippen LogP contribution in [0, 0.1) is 30.1 Å². The van der Waals surface area contributed by atoms with Crippen molar-refractivity contribution in [1.29, 1.82) is 0 Å². The lowest BCUT2D eigenvalue weighted by molar-refractivity contribution is -0.145. The van der Waals surface area contributed by atoms with Crippen molar-refractivity contribution in [1.82, 2.24) is 15.4 Å². The number of benzene rings is 2. The second-order valence-corrected chi connectivity index (χ2v) is 10.1. The van der Waals surface area contributed by atoms with Gasteiger partial charge >= 0.3 is 0 Å². The maximum atomic E-state index is 13.3. The third-order valence-electron chi connectivity index (χ3n) is 7.71. The lowest BCUT2D eigenvalue weighted by Gasteiger charge is -2.55. The number of hydrogen-bond acceptors (Lipinski definition) is 4. The fourth-order valence-corrected chi connectivity index (χ4v) is 6.75. The molecule has 0 aliphatic heterocycles. The highest BCUT2D eigenvalue weighted by Gasteiger charge is 2.54. The minimum absolute atomic E-state index is 0.125. The van der Waals surface area contributed by atoms with Crippen molar-refractivity contribution in [2.75, 3.05) is 5.43 Å². The molecule has 5 nitrogen and oxygen atoms in total. The van der Waals surface area contributed by atoms with E-state index in [9.17, 15) is 4.79 Å². The van der Waals surface area contributed by atoms with Crippen LogP contribution in [0.2, 0.25) is 0 Å². The Morgan fingerprint density at radius 3 is 2.29 bits per heavy atom. The molecule has 0 atom stereocenters. The lowest BCUT2D eigenvalue weighted by atomic mass is 9.49. The Morgan fingerprint density at radius 1 is 0.935 bits per heavy atom. The predicted molar refractivity (Wildman–Crippen MR) is 122 cm³/mol. The summed E-state index contributed by atoms with van der Waals surface area (Å²) in [5.41, 5.74) is 9.82. The van der Waals surface area contributed by atoms with Gasteiger partial charge in [-0.15, -0.1) is 0 Å². The van der Waals surface area contributed by atoms with Crippen molar-refractivity contribution in [3.8, 4) is 11.3 Å². The first-order valence-electron chi connectivity index (χ1n) is 11.5. The number of amides is 1. The number of carbonyl (C=O) groups excluding carboxylic acids is 1. The van der Waals surface area contributed by atoms with Gasteiger partial charge in [-0.2, -0.15) is 0 Å². The Bertz CT molecular complexity index is 1120. The van der Waals surface area contributed by atoms with E-state index in [0.717, 1.165) is 59.2 Å². The van der Waals surface area contributed by atoms with Crippen molar-refractivity contribution < 1.29 is 4.79 Å². The lowest BCUT2D eigenvalue weighted by Crippen LogP contribution is -2.54. The summed E-state index contributed by atoms with van der Waals surface area (Å²) < 4.78 is 0. The molecule has 3 aromatic rings. The van der Waals surface area contributed by atoms with E-state index >= 15 is 0 Å². The van der Waals surface area contributed by atoms with Gasteiger partial charge in [-0.3, -0.25) is 15.6 Å². The molecule has 4 bridgehead atoms. The van der Waals surface area contributed by atoms with Gasteiger partial charge in [-0.1, -0.05) is 42.0 Å². The molecular formula is C26H28N4O. The van der Waals surface area contributed by atoms with E-state index in [0.29, 0.717) is 5.95 Å². The normalized spacial score (nSPS) is 28.6. The number of rotatable bonds is 4. The van der Waals surface area contributed by atoms with Crippen LogP contribution >= 0.6 is 0 Å². The monoisotopic (exact) mass is 412 g/mol. The molecular weight excluding hydrogens is 384 g/mol. The highest BCUT2D eigenvalue weighted by atomic mass is 16.2. The maximum absolute atomic E-state index is 13.3. The molecule has 158 valence electrons. The first kappa shape index (κ1) is 18.8. The summed E-state index contributed by atoms with van der Waals surface area (Å²) in [6.45, 7) is 2.08. The van der Waals surface area contributed by atoms with Gasteiger partial charge in [0, 0.05) is 10.9 Å². The summed E-state index contributed by atoms with van der Waals surface area (Å²) in [4.78, 5) is 22.8. The average Bonchev–Trinajstić information content (AvgIpc) is 2.76. The molecule has 31 heavy (non-hydrogen) atoms. The molecule has 1 aromatic heterocycles. The van der Waals surface area contributed by atoms with E-state index in [1.807, 2.05) is 24.3 Å². The molecule has 7 rings (SSSR count). The summed E-state index contributed by atoms with van der Waals surface area (Å²) in [5, 5.41) is 1.02. The Hall–Kier alpha value is -2.95. The number of fused-ring (bicyclic) bond motifs is 1. The Balaban J connectivity index is 1.29. The van der Waals surface area contributed by atoms with Crippen molar-refractivity contribution in [3.05, 3.63) is 54.1 Å². The van der Waals surface area contributed by atoms with Gasteiger partial charge in [-0.25, -0.2) is 9.97 Å². The molecule has 0 unspecified atom stereocenters. The molecule has 4 aliphatic rings. The van der Waals surface area contributed by atoms with Crippen LogP contribution in [0.25, 0.3) is 22.2 Å². The Morgan fingerprint density at radius 2 is 1.61 bits per heavy atom. The number of aromatic nitrogens is 2. The summed E-state index contributed by atoms with van der Waals surface area (Å²) in [6, 6.07) is 16.3. The SMILES string of the molecule is Cc1ccc2nc(NNC(=O)C34CC5CC(CC(C5)C3)C4)nc(-c3ccccc3)c2c1. The largest absolute Gasteiger partial charge is 0.273 e. The van der Waals surface area contributed by atoms with Crippen LogP contribution in [0.5, 0.6) is 0 Å². The summed E-state index contributed by atoms with van der Waals surface area (Å²) in [5.74, 6) is 2.78. The topological polar surface area (TPSA) is 66.9 Å². The van der Waals surface area contributed by atoms with Crippen molar-refractivity contribution in [3.63, 3.8) is 0 Å². The van der Waals surface area contributed by atoms with Crippen molar-refractivity contribution >= 4 is 22.8 Å². The predicted octanol–water partition coefficient (Wildman–Crippen LogP) is 5.26. The highest BCUT2D eigenvalue weighted by Crippen LogP contribution is 2.60. The van der Waals surface area contributed by atoms with Gasteiger partial charge in [0.1, 0.15) is 0 Å². The Labute approximate surface area is 182 Å². The van der Waals surface area contributed by atoms with E-state index in [2.05, 4.69) is 47.0 Å². The van der Waals surface area contributed by atoms with Crippen LogP contribution in [0.1, 0.15) is 44.1 Å². The molecule has 4 aliphatic carbocycles. The average molecular weight is 413 g/mol. The third-order valence-corrected chi connectivity index (χ3v) is 7.71. The molecule has 1 heterocycles. The maximum Gasteiger partial charge on any atom is 0.244 e. The number of anilines is 1. The van der Waals surface area contributed by atoms with Gasteiger partial charge in [0.2, 0.25) is 11.9 Å². The summed E-state index contributed by atoms with van der Waals surface area (Å²) >= 11 is 0. The van der Waals surface area contributed by atoms with E-state index in [1.54, 1.807) is 0 Å². The second kappa shape index (κ2) is 7.04. The van der Waals surface area contributed by atoms with Crippen LogP contribution in [0.4, 0.5) is 5.95 Å². The van der Waals surface area contributed by atoms with E-state index in [1.165, 1.54) is 24.8 Å². The molecule has 1 amide bonds.